The second kappa shape index (κ2) is 6.28. The summed E-state index contributed by atoms with van der Waals surface area (Å²) in [5.74, 6) is -0.0390. The van der Waals surface area contributed by atoms with Crippen molar-refractivity contribution in [3.05, 3.63) is 47.0 Å². The number of alkyl halides is 1. The van der Waals surface area contributed by atoms with Crippen LogP contribution in [0.3, 0.4) is 0 Å². The number of phenols is 1. The summed E-state index contributed by atoms with van der Waals surface area (Å²) in [4.78, 5) is -0.203. The van der Waals surface area contributed by atoms with Crippen molar-refractivity contribution in [2.24, 2.45) is 0 Å². The number of aliphatic hydroxyl groups is 1. The van der Waals surface area contributed by atoms with Crippen molar-refractivity contribution in [1.82, 2.24) is 5.16 Å². The lowest BCUT2D eigenvalue weighted by Crippen LogP contribution is -2.08. The van der Waals surface area contributed by atoms with Crippen LogP contribution in [-0.4, -0.2) is 26.8 Å². The van der Waals surface area contributed by atoms with Gasteiger partial charge in [0, 0.05) is 16.0 Å². The normalized spacial score (nSPS) is 12.7. The highest BCUT2D eigenvalue weighted by Crippen LogP contribution is 2.39. The molecule has 2 aromatic carbocycles. The van der Waals surface area contributed by atoms with Gasteiger partial charge >= 0.3 is 0 Å². The number of benzene rings is 2. The third-order valence-electron chi connectivity index (χ3n) is 3.46. The van der Waals surface area contributed by atoms with Gasteiger partial charge in [0.05, 0.1) is 17.0 Å². The average Bonchev–Trinajstić information content (AvgIpc) is 2.95. The van der Waals surface area contributed by atoms with Gasteiger partial charge < -0.3 is 14.7 Å². The summed E-state index contributed by atoms with van der Waals surface area (Å²) in [6.07, 6.45) is 0.378. The van der Waals surface area contributed by atoms with Gasteiger partial charge in [-0.1, -0.05) is 63.0 Å². The minimum atomic E-state index is -0.203. The minimum Gasteiger partial charge on any atom is -0.506 e. The summed E-state index contributed by atoms with van der Waals surface area (Å²) in [6, 6.07) is 11.3. The Bertz CT molecular complexity index is 804. The van der Waals surface area contributed by atoms with E-state index in [4.69, 9.17) is 16.1 Å². The fourth-order valence-electron chi connectivity index (χ4n) is 2.38. The maximum atomic E-state index is 10.2. The van der Waals surface area contributed by atoms with Crippen molar-refractivity contribution in [2.45, 2.75) is 11.2 Å². The van der Waals surface area contributed by atoms with Gasteiger partial charge in [0.25, 0.3) is 0 Å². The molecule has 0 amide bonds. The van der Waals surface area contributed by atoms with E-state index in [0.717, 1.165) is 10.9 Å². The molecule has 1 heterocycles. The molecule has 114 valence electrons. The average molecular weight is 383 g/mol. The van der Waals surface area contributed by atoms with Gasteiger partial charge in [-0.05, 0) is 12.5 Å². The topological polar surface area (TPSA) is 66.5 Å². The number of fused-ring (bicyclic) bond motifs is 1. The highest BCUT2D eigenvalue weighted by molar-refractivity contribution is 9.09. The van der Waals surface area contributed by atoms with E-state index in [1.807, 2.05) is 30.3 Å². The molecule has 1 unspecified atom stereocenters. The number of aromatic hydroxyl groups is 1. The van der Waals surface area contributed by atoms with E-state index in [0.29, 0.717) is 23.3 Å². The second-order valence-corrected chi connectivity index (χ2v) is 6.65. The first kappa shape index (κ1) is 15.3. The van der Waals surface area contributed by atoms with Crippen LogP contribution in [0.1, 0.15) is 5.56 Å². The fraction of sp³-hybridized carbons (Fsp3) is 0.188. The van der Waals surface area contributed by atoms with Crippen LogP contribution >= 0.6 is 27.5 Å². The Balaban J connectivity index is 2.20. The van der Waals surface area contributed by atoms with Crippen LogP contribution in [0.15, 0.2) is 40.9 Å². The molecule has 3 aromatic rings. The van der Waals surface area contributed by atoms with Gasteiger partial charge in [0.15, 0.2) is 5.58 Å². The van der Waals surface area contributed by atoms with E-state index >= 15 is 0 Å². The molecule has 2 N–H and O–H groups in total. The first-order chi connectivity index (χ1) is 10.6. The minimum absolute atomic E-state index is 0.0390. The van der Waals surface area contributed by atoms with Crippen LogP contribution in [0.2, 0.25) is 5.02 Å². The van der Waals surface area contributed by atoms with Gasteiger partial charge in [0.1, 0.15) is 11.4 Å². The van der Waals surface area contributed by atoms with E-state index in [1.165, 1.54) is 0 Å². The molecule has 1 aromatic heterocycles. The predicted octanol–water partition coefficient (Wildman–Crippen LogP) is 4.15. The smallest absolute Gasteiger partial charge is 0.174 e. The Hall–Kier alpha value is -1.56. The molecule has 0 aliphatic heterocycles. The Morgan fingerprint density at radius 2 is 2.00 bits per heavy atom. The highest BCUT2D eigenvalue weighted by Gasteiger charge is 2.21. The zero-order chi connectivity index (χ0) is 15.7. The molecule has 1 atom stereocenters. The van der Waals surface area contributed by atoms with E-state index < -0.39 is 0 Å². The molecule has 0 aliphatic rings. The number of hydrogen-bond acceptors (Lipinski definition) is 4. The lowest BCUT2D eigenvalue weighted by molar-refractivity contribution is 0.295. The molecule has 0 spiro atoms. The molecule has 0 fully saturated rings. The molecule has 0 aliphatic carbocycles. The summed E-state index contributed by atoms with van der Waals surface area (Å²) in [5, 5.41) is 24.5. The molecule has 0 saturated heterocycles. The monoisotopic (exact) mass is 381 g/mol. The molecule has 22 heavy (non-hydrogen) atoms. The second-order valence-electron chi connectivity index (χ2n) is 4.94. The van der Waals surface area contributed by atoms with Crippen molar-refractivity contribution in [2.75, 3.05) is 6.61 Å². The first-order valence-electron chi connectivity index (χ1n) is 6.72. The number of nitrogens with zero attached hydrogens (tertiary/aromatic N) is 1. The standard InChI is InChI=1S/C16H13BrClNO3/c17-10(8-20)6-12-15(21)13(18)7-11-14(19-22-16(11)12)9-4-2-1-3-5-9/h1-5,7,10,20-21H,6,8H2. The van der Waals surface area contributed by atoms with Gasteiger partial charge in [-0.3, -0.25) is 0 Å². The number of rotatable bonds is 4. The maximum Gasteiger partial charge on any atom is 0.174 e. The number of phenolic OH excluding ortho intramolecular Hbond substituents is 1. The Labute approximate surface area is 140 Å². The largest absolute Gasteiger partial charge is 0.506 e. The van der Waals surface area contributed by atoms with Gasteiger partial charge in [0.2, 0.25) is 0 Å². The Morgan fingerprint density at radius 1 is 1.27 bits per heavy atom. The molecular formula is C16H13BrClNO3. The van der Waals surface area contributed by atoms with E-state index in [1.54, 1.807) is 6.07 Å². The maximum absolute atomic E-state index is 10.2. The summed E-state index contributed by atoms with van der Waals surface area (Å²) in [5.41, 5.74) is 2.60. The van der Waals surface area contributed by atoms with Gasteiger partial charge in [-0.25, -0.2) is 0 Å². The van der Waals surface area contributed by atoms with Crippen LogP contribution in [0.4, 0.5) is 0 Å². The summed E-state index contributed by atoms with van der Waals surface area (Å²) < 4.78 is 5.44. The lowest BCUT2D eigenvalue weighted by Gasteiger charge is -2.09. The van der Waals surface area contributed by atoms with E-state index in [2.05, 4.69) is 21.1 Å². The third kappa shape index (κ3) is 2.72. The summed E-state index contributed by atoms with van der Waals surface area (Å²) in [7, 11) is 0. The number of aliphatic hydroxyl groups excluding tert-OH is 1. The lowest BCUT2D eigenvalue weighted by atomic mass is 10.0. The van der Waals surface area contributed by atoms with Crippen LogP contribution in [0, 0.1) is 0 Å². The molecule has 3 rings (SSSR count). The van der Waals surface area contributed by atoms with Crippen LogP contribution < -0.4 is 0 Å². The van der Waals surface area contributed by atoms with Crippen LogP contribution in [-0.2, 0) is 6.42 Å². The van der Waals surface area contributed by atoms with Crippen LogP contribution in [0.5, 0.6) is 5.75 Å². The molecular weight excluding hydrogens is 370 g/mol. The van der Waals surface area contributed by atoms with Crippen LogP contribution in [0.25, 0.3) is 22.2 Å². The molecule has 0 bridgehead atoms. The molecule has 0 saturated carbocycles. The fourth-order valence-corrected chi connectivity index (χ4v) is 2.92. The van der Waals surface area contributed by atoms with Crippen molar-refractivity contribution in [1.29, 1.82) is 0 Å². The van der Waals surface area contributed by atoms with E-state index in [9.17, 15) is 10.2 Å². The molecule has 6 heteroatoms. The summed E-state index contributed by atoms with van der Waals surface area (Å²) >= 11 is 9.48. The van der Waals surface area contributed by atoms with Gasteiger partial charge in [-0.15, -0.1) is 0 Å². The Kier molecular flexibility index (Phi) is 4.38. The quantitative estimate of drug-likeness (QED) is 0.665. The third-order valence-corrected chi connectivity index (χ3v) is 4.36. The molecule has 4 nitrogen and oxygen atoms in total. The molecule has 0 radical (unpaired) electrons. The van der Waals surface area contributed by atoms with Gasteiger partial charge in [-0.2, -0.15) is 0 Å². The number of hydrogen-bond donors (Lipinski definition) is 2. The van der Waals surface area contributed by atoms with Crippen molar-refractivity contribution in [3.63, 3.8) is 0 Å². The predicted molar refractivity (Wildman–Crippen MR) is 89.6 cm³/mol. The Morgan fingerprint density at radius 3 is 2.68 bits per heavy atom. The SMILES string of the molecule is OCC(Br)Cc1c(O)c(Cl)cc2c(-c3ccccc3)noc12. The van der Waals surface area contributed by atoms with Crippen molar-refractivity contribution in [3.8, 4) is 17.0 Å². The number of halogens is 2. The van der Waals surface area contributed by atoms with E-state index in [-0.39, 0.29) is 22.2 Å². The van der Waals surface area contributed by atoms with Crippen molar-refractivity contribution < 1.29 is 14.7 Å². The zero-order valence-corrected chi connectivity index (χ0v) is 13.8. The zero-order valence-electron chi connectivity index (χ0n) is 11.5. The summed E-state index contributed by atoms with van der Waals surface area (Å²) in [6.45, 7) is -0.0624. The van der Waals surface area contributed by atoms with Crippen molar-refractivity contribution >= 4 is 38.5 Å². The first-order valence-corrected chi connectivity index (χ1v) is 8.01. The highest BCUT2D eigenvalue weighted by atomic mass is 79.9. The number of aromatic nitrogens is 1.